The first-order valence-electron chi connectivity index (χ1n) is 9.29. The van der Waals surface area contributed by atoms with Gasteiger partial charge in [-0.25, -0.2) is 13.4 Å². The first kappa shape index (κ1) is 23.4. The minimum absolute atomic E-state index is 0.0192. The SMILES string of the molecule is Cc1nn([C@@H]2CCS(=O)(=O)C2)c(C)c1CNCCSc1ncc(C(F)(F)F)cc1Cl. The number of nitrogens with zero attached hydrogens (tertiary/aromatic N) is 3. The van der Waals surface area contributed by atoms with Crippen LogP contribution in [-0.2, 0) is 22.6 Å². The van der Waals surface area contributed by atoms with E-state index in [9.17, 15) is 21.6 Å². The Bertz CT molecular complexity index is 1030. The Morgan fingerprint density at radius 3 is 2.70 bits per heavy atom. The van der Waals surface area contributed by atoms with Gasteiger partial charge in [0.1, 0.15) is 5.03 Å². The average molecular weight is 483 g/mol. The van der Waals surface area contributed by atoms with E-state index in [1.165, 1.54) is 11.8 Å². The molecule has 6 nitrogen and oxygen atoms in total. The van der Waals surface area contributed by atoms with Crippen LogP contribution in [-0.4, -0.2) is 47.0 Å². The normalized spacial score (nSPS) is 18.8. The van der Waals surface area contributed by atoms with Gasteiger partial charge in [0.05, 0.1) is 33.8 Å². The molecule has 0 saturated carbocycles. The van der Waals surface area contributed by atoms with Crippen molar-refractivity contribution < 1.29 is 21.6 Å². The third-order valence-electron chi connectivity index (χ3n) is 4.98. The predicted octanol–water partition coefficient (Wildman–Crippen LogP) is 3.81. The highest BCUT2D eigenvalue weighted by Crippen LogP contribution is 2.33. The first-order valence-corrected chi connectivity index (χ1v) is 12.5. The number of thioether (sulfide) groups is 1. The Balaban J connectivity index is 1.52. The van der Waals surface area contributed by atoms with Crippen LogP contribution >= 0.6 is 23.4 Å². The summed E-state index contributed by atoms with van der Waals surface area (Å²) >= 11 is 7.19. The van der Waals surface area contributed by atoms with Crippen LogP contribution < -0.4 is 5.32 Å². The number of halogens is 4. The molecule has 0 bridgehead atoms. The van der Waals surface area contributed by atoms with E-state index < -0.39 is 21.6 Å². The second-order valence-corrected chi connectivity index (χ2v) is 10.9. The molecule has 1 fully saturated rings. The van der Waals surface area contributed by atoms with E-state index in [1.807, 2.05) is 18.5 Å². The lowest BCUT2D eigenvalue weighted by Crippen LogP contribution is -2.18. The maximum Gasteiger partial charge on any atom is 0.417 e. The molecule has 0 aromatic carbocycles. The number of hydrogen-bond donors (Lipinski definition) is 1. The molecule has 1 saturated heterocycles. The molecule has 30 heavy (non-hydrogen) atoms. The first-order chi connectivity index (χ1) is 14.0. The molecule has 1 aliphatic rings. The van der Waals surface area contributed by atoms with Crippen LogP contribution in [0.3, 0.4) is 0 Å². The summed E-state index contributed by atoms with van der Waals surface area (Å²) in [4.78, 5) is 3.81. The molecule has 3 heterocycles. The number of alkyl halides is 3. The number of hydrogen-bond acceptors (Lipinski definition) is 6. The molecule has 0 unspecified atom stereocenters. The maximum atomic E-state index is 12.7. The Labute approximate surface area is 182 Å². The smallest absolute Gasteiger partial charge is 0.312 e. The number of aryl methyl sites for hydroxylation is 1. The number of pyridine rings is 1. The largest absolute Gasteiger partial charge is 0.417 e. The summed E-state index contributed by atoms with van der Waals surface area (Å²) in [6.45, 7) is 4.98. The molecule has 0 spiro atoms. The van der Waals surface area contributed by atoms with Crippen molar-refractivity contribution in [3.63, 3.8) is 0 Å². The summed E-state index contributed by atoms with van der Waals surface area (Å²) in [6.07, 6.45) is -3.11. The van der Waals surface area contributed by atoms with Crippen molar-refractivity contribution in [1.82, 2.24) is 20.1 Å². The number of rotatable bonds is 7. The molecule has 3 rings (SSSR count). The van der Waals surface area contributed by atoms with Gasteiger partial charge in [-0.2, -0.15) is 18.3 Å². The quantitative estimate of drug-likeness (QED) is 0.477. The average Bonchev–Trinajstić information content (AvgIpc) is 3.14. The highest BCUT2D eigenvalue weighted by molar-refractivity contribution is 7.99. The summed E-state index contributed by atoms with van der Waals surface area (Å²) in [6, 6.07) is 0.764. The van der Waals surface area contributed by atoms with Gasteiger partial charge in [-0.3, -0.25) is 4.68 Å². The van der Waals surface area contributed by atoms with Crippen molar-refractivity contribution in [1.29, 1.82) is 0 Å². The summed E-state index contributed by atoms with van der Waals surface area (Å²) in [7, 11) is -2.99. The predicted molar refractivity (Wildman–Crippen MR) is 111 cm³/mol. The van der Waals surface area contributed by atoms with Crippen LogP contribution in [0.4, 0.5) is 13.2 Å². The molecular formula is C18H22ClF3N4O2S2. The van der Waals surface area contributed by atoms with Crippen LogP contribution in [0.2, 0.25) is 5.02 Å². The van der Waals surface area contributed by atoms with E-state index in [2.05, 4.69) is 15.4 Å². The molecule has 2 aromatic rings. The zero-order valence-corrected chi connectivity index (χ0v) is 18.9. The van der Waals surface area contributed by atoms with Gasteiger partial charge in [0.25, 0.3) is 0 Å². The van der Waals surface area contributed by atoms with Crippen molar-refractivity contribution in [3.05, 3.63) is 39.8 Å². The molecule has 0 aliphatic carbocycles. The zero-order valence-electron chi connectivity index (χ0n) is 16.5. The third kappa shape index (κ3) is 5.49. The Morgan fingerprint density at radius 1 is 1.37 bits per heavy atom. The standard InChI is InChI=1S/C18H22ClF3N4O2S2/c1-11-15(12(2)26(25-11)14-3-6-30(27,28)10-14)9-23-4-5-29-17-16(19)7-13(8-24-17)18(20,21)22/h7-8,14,23H,3-6,9-10H2,1-2H3/t14-/m1/s1. The fraction of sp³-hybridized carbons (Fsp3) is 0.556. The lowest BCUT2D eigenvalue weighted by molar-refractivity contribution is -0.137. The van der Waals surface area contributed by atoms with Gasteiger partial charge in [0, 0.05) is 36.3 Å². The molecular weight excluding hydrogens is 461 g/mol. The van der Waals surface area contributed by atoms with Crippen LogP contribution in [0.15, 0.2) is 17.3 Å². The van der Waals surface area contributed by atoms with E-state index in [1.54, 1.807) is 0 Å². The van der Waals surface area contributed by atoms with Gasteiger partial charge in [-0.05, 0) is 26.3 Å². The Morgan fingerprint density at radius 2 is 2.10 bits per heavy atom. The Kier molecular flexibility index (Phi) is 7.05. The summed E-state index contributed by atoms with van der Waals surface area (Å²) in [5.74, 6) is 0.895. The highest BCUT2D eigenvalue weighted by Gasteiger charge is 2.32. The van der Waals surface area contributed by atoms with Crippen molar-refractivity contribution in [2.45, 2.75) is 44.1 Å². The molecule has 2 aromatic heterocycles. The lowest BCUT2D eigenvalue weighted by Gasteiger charge is -2.12. The summed E-state index contributed by atoms with van der Waals surface area (Å²) in [5.41, 5.74) is 1.95. The number of sulfone groups is 1. The van der Waals surface area contributed by atoms with E-state index in [0.29, 0.717) is 30.3 Å². The van der Waals surface area contributed by atoms with Gasteiger partial charge < -0.3 is 5.32 Å². The third-order valence-corrected chi connectivity index (χ3v) is 8.14. The lowest BCUT2D eigenvalue weighted by atomic mass is 10.2. The van der Waals surface area contributed by atoms with Crippen molar-refractivity contribution in [2.24, 2.45) is 0 Å². The fourth-order valence-corrected chi connectivity index (χ4v) is 6.18. The monoisotopic (exact) mass is 482 g/mol. The molecule has 12 heteroatoms. The van der Waals surface area contributed by atoms with Crippen LogP contribution in [0.25, 0.3) is 0 Å². The highest BCUT2D eigenvalue weighted by atomic mass is 35.5. The van der Waals surface area contributed by atoms with Gasteiger partial charge in [0.2, 0.25) is 0 Å². The minimum Gasteiger partial charge on any atom is -0.312 e. The van der Waals surface area contributed by atoms with Crippen molar-refractivity contribution >= 4 is 33.2 Å². The second-order valence-electron chi connectivity index (χ2n) is 7.18. The second kappa shape index (κ2) is 9.05. The molecule has 1 atom stereocenters. The molecule has 0 amide bonds. The van der Waals surface area contributed by atoms with E-state index >= 15 is 0 Å². The van der Waals surface area contributed by atoms with Crippen LogP contribution in [0.1, 0.15) is 35.0 Å². The zero-order chi connectivity index (χ0) is 22.1. The molecule has 1 aliphatic heterocycles. The maximum absolute atomic E-state index is 12.7. The van der Waals surface area contributed by atoms with Gasteiger partial charge in [-0.15, -0.1) is 11.8 Å². The molecule has 166 valence electrons. The minimum atomic E-state index is -4.47. The number of nitrogens with one attached hydrogen (secondary N) is 1. The van der Waals surface area contributed by atoms with Crippen LogP contribution in [0.5, 0.6) is 0 Å². The van der Waals surface area contributed by atoms with E-state index in [0.717, 1.165) is 29.2 Å². The summed E-state index contributed by atoms with van der Waals surface area (Å²) < 4.78 is 63.3. The molecule has 1 N–H and O–H groups in total. The fourth-order valence-electron chi connectivity index (χ4n) is 3.40. The van der Waals surface area contributed by atoms with Gasteiger partial charge in [0.15, 0.2) is 9.84 Å². The van der Waals surface area contributed by atoms with Gasteiger partial charge >= 0.3 is 6.18 Å². The van der Waals surface area contributed by atoms with Gasteiger partial charge in [-0.1, -0.05) is 11.6 Å². The Hall–Kier alpha value is -1.30. The number of aromatic nitrogens is 3. The van der Waals surface area contributed by atoms with E-state index in [-0.39, 0.29) is 22.6 Å². The van der Waals surface area contributed by atoms with E-state index in [4.69, 9.17) is 11.6 Å². The summed E-state index contributed by atoms with van der Waals surface area (Å²) in [5, 5.41) is 8.15. The molecule has 0 radical (unpaired) electrons. The topological polar surface area (TPSA) is 76.9 Å². The van der Waals surface area contributed by atoms with Crippen LogP contribution in [0, 0.1) is 13.8 Å². The van der Waals surface area contributed by atoms with Crippen molar-refractivity contribution in [2.75, 3.05) is 23.8 Å². The van der Waals surface area contributed by atoms with Crippen molar-refractivity contribution in [3.8, 4) is 0 Å².